The summed E-state index contributed by atoms with van der Waals surface area (Å²) >= 11 is 0. The normalized spacial score (nSPS) is 10.7. The molecule has 2 aromatic carbocycles. The van der Waals surface area contributed by atoms with Crippen molar-refractivity contribution in [3.63, 3.8) is 0 Å². The predicted octanol–water partition coefficient (Wildman–Crippen LogP) is 4.47. The Labute approximate surface area is 164 Å². The minimum Gasteiger partial charge on any atom is -0.308 e. The zero-order valence-corrected chi connectivity index (χ0v) is 16.5. The van der Waals surface area contributed by atoms with E-state index in [0.717, 1.165) is 24.9 Å². The summed E-state index contributed by atoms with van der Waals surface area (Å²) in [5.41, 5.74) is 3.36. The summed E-state index contributed by atoms with van der Waals surface area (Å²) in [5, 5.41) is 5.49. The van der Waals surface area contributed by atoms with Gasteiger partial charge in [-0.1, -0.05) is 43.7 Å². The maximum atomic E-state index is 12.8. The summed E-state index contributed by atoms with van der Waals surface area (Å²) in [5.74, 6) is 0. The molecule has 6 nitrogen and oxygen atoms in total. The Morgan fingerprint density at radius 2 is 1.68 bits per heavy atom. The molecule has 0 saturated heterocycles. The largest absolute Gasteiger partial charge is 0.323 e. The van der Waals surface area contributed by atoms with Crippen LogP contribution in [-0.2, 0) is 13.5 Å². The van der Waals surface area contributed by atoms with Crippen LogP contribution in [-0.4, -0.2) is 15.4 Å². The van der Waals surface area contributed by atoms with Crippen molar-refractivity contribution in [2.45, 2.75) is 33.1 Å². The number of benzene rings is 2. The lowest BCUT2D eigenvalue weighted by Crippen LogP contribution is -2.25. The molecule has 1 heterocycles. The van der Waals surface area contributed by atoms with Gasteiger partial charge in [0, 0.05) is 12.7 Å². The van der Waals surface area contributed by atoms with E-state index in [0.29, 0.717) is 11.4 Å². The Morgan fingerprint density at radius 1 is 1.00 bits per heavy atom. The number of aryl methyl sites for hydroxylation is 1. The Balaban J connectivity index is 1.75. The highest BCUT2D eigenvalue weighted by Gasteiger charge is 2.18. The van der Waals surface area contributed by atoms with Crippen LogP contribution in [0.15, 0.2) is 59.4 Å². The SMILES string of the molecule is CCCCc1ccc(NC(=O)Nc2c(C)n(C)n(-c3ccccc3)c2=O)cc1. The number of amides is 2. The molecule has 28 heavy (non-hydrogen) atoms. The minimum atomic E-state index is -0.438. The van der Waals surface area contributed by atoms with Gasteiger partial charge >= 0.3 is 6.03 Å². The molecule has 0 aliphatic carbocycles. The Morgan fingerprint density at radius 3 is 2.32 bits per heavy atom. The van der Waals surface area contributed by atoms with Gasteiger partial charge in [-0.05, 0) is 49.6 Å². The van der Waals surface area contributed by atoms with Gasteiger partial charge in [0.05, 0.1) is 11.4 Å². The van der Waals surface area contributed by atoms with Gasteiger partial charge in [0.15, 0.2) is 0 Å². The highest BCUT2D eigenvalue weighted by molar-refractivity contribution is 6.00. The minimum absolute atomic E-state index is 0.267. The van der Waals surface area contributed by atoms with E-state index in [1.165, 1.54) is 10.2 Å². The number of unbranched alkanes of at least 4 members (excludes halogenated alkanes) is 1. The third kappa shape index (κ3) is 4.17. The molecular weight excluding hydrogens is 352 g/mol. The molecule has 146 valence electrons. The molecule has 2 amide bonds. The van der Waals surface area contributed by atoms with Crippen LogP contribution in [0.2, 0.25) is 0 Å². The molecule has 0 unspecified atom stereocenters. The van der Waals surface area contributed by atoms with Gasteiger partial charge in [-0.15, -0.1) is 0 Å². The molecule has 0 fully saturated rings. The van der Waals surface area contributed by atoms with Crippen LogP contribution in [0.3, 0.4) is 0 Å². The van der Waals surface area contributed by atoms with Crippen LogP contribution in [0.25, 0.3) is 5.69 Å². The molecule has 3 aromatic rings. The molecule has 0 spiro atoms. The number of rotatable bonds is 6. The van der Waals surface area contributed by atoms with Crippen LogP contribution in [0.4, 0.5) is 16.2 Å². The van der Waals surface area contributed by atoms with E-state index in [1.54, 1.807) is 18.7 Å². The molecule has 0 saturated carbocycles. The maximum absolute atomic E-state index is 12.8. The molecule has 6 heteroatoms. The smallest absolute Gasteiger partial charge is 0.308 e. The number of hydrogen-bond acceptors (Lipinski definition) is 2. The van der Waals surface area contributed by atoms with E-state index in [1.807, 2.05) is 54.6 Å². The molecule has 0 atom stereocenters. The lowest BCUT2D eigenvalue weighted by atomic mass is 10.1. The number of carbonyl (C=O) groups excluding carboxylic acids is 1. The van der Waals surface area contributed by atoms with Gasteiger partial charge in [0.2, 0.25) is 0 Å². The number of anilines is 2. The quantitative estimate of drug-likeness (QED) is 0.664. The van der Waals surface area contributed by atoms with E-state index < -0.39 is 6.03 Å². The van der Waals surface area contributed by atoms with Crippen LogP contribution in [0.5, 0.6) is 0 Å². The van der Waals surface area contributed by atoms with Crippen molar-refractivity contribution < 1.29 is 4.79 Å². The van der Waals surface area contributed by atoms with Gasteiger partial charge in [-0.25, -0.2) is 9.48 Å². The lowest BCUT2D eigenvalue weighted by Gasteiger charge is -2.08. The number of urea groups is 1. The summed E-state index contributed by atoms with van der Waals surface area (Å²) in [4.78, 5) is 25.3. The van der Waals surface area contributed by atoms with E-state index in [9.17, 15) is 9.59 Å². The summed E-state index contributed by atoms with van der Waals surface area (Å²) in [6.45, 7) is 3.97. The molecule has 1 aromatic heterocycles. The maximum Gasteiger partial charge on any atom is 0.323 e. The fourth-order valence-corrected chi connectivity index (χ4v) is 3.12. The fourth-order valence-electron chi connectivity index (χ4n) is 3.12. The Hall–Kier alpha value is -3.28. The van der Waals surface area contributed by atoms with Gasteiger partial charge in [0.25, 0.3) is 5.56 Å². The van der Waals surface area contributed by atoms with Crippen molar-refractivity contribution in [3.8, 4) is 5.69 Å². The fraction of sp³-hybridized carbons (Fsp3) is 0.273. The van der Waals surface area contributed by atoms with Crippen molar-refractivity contribution in [2.24, 2.45) is 7.05 Å². The average Bonchev–Trinajstić information content (AvgIpc) is 2.91. The van der Waals surface area contributed by atoms with Crippen LogP contribution in [0.1, 0.15) is 31.0 Å². The van der Waals surface area contributed by atoms with Gasteiger partial charge in [0.1, 0.15) is 5.69 Å². The third-order valence-corrected chi connectivity index (χ3v) is 4.82. The van der Waals surface area contributed by atoms with Gasteiger partial charge in [-0.3, -0.25) is 9.48 Å². The first kappa shape index (κ1) is 19.5. The molecule has 0 radical (unpaired) electrons. The first-order valence-electron chi connectivity index (χ1n) is 9.52. The second kappa shape index (κ2) is 8.61. The number of hydrogen-bond donors (Lipinski definition) is 2. The Bertz CT molecular complexity index is 1000. The molecule has 2 N–H and O–H groups in total. The summed E-state index contributed by atoms with van der Waals surface area (Å²) in [6.07, 6.45) is 3.33. The standard InChI is InChI=1S/C22H26N4O2/c1-4-5-9-17-12-14-18(15-13-17)23-22(28)24-20-16(2)25(3)26(21(20)27)19-10-7-6-8-11-19/h6-8,10-15H,4-5,9H2,1-3H3,(H2,23,24,28). The summed E-state index contributed by atoms with van der Waals surface area (Å²) in [7, 11) is 1.79. The van der Waals surface area contributed by atoms with Crippen molar-refractivity contribution >= 4 is 17.4 Å². The first-order valence-corrected chi connectivity index (χ1v) is 9.52. The molecule has 3 rings (SSSR count). The topological polar surface area (TPSA) is 68.1 Å². The van der Waals surface area contributed by atoms with E-state index in [4.69, 9.17) is 0 Å². The summed E-state index contributed by atoms with van der Waals surface area (Å²) in [6, 6.07) is 16.7. The molecule has 0 bridgehead atoms. The zero-order valence-electron chi connectivity index (χ0n) is 16.5. The van der Waals surface area contributed by atoms with Crippen molar-refractivity contribution in [1.82, 2.24) is 9.36 Å². The predicted molar refractivity (Wildman–Crippen MR) is 113 cm³/mol. The molecule has 0 aliphatic heterocycles. The number of nitrogens with one attached hydrogen (secondary N) is 2. The second-order valence-corrected chi connectivity index (χ2v) is 6.82. The molecular formula is C22H26N4O2. The lowest BCUT2D eigenvalue weighted by molar-refractivity contribution is 0.262. The van der Waals surface area contributed by atoms with Crippen molar-refractivity contribution in [1.29, 1.82) is 0 Å². The summed E-state index contributed by atoms with van der Waals surface area (Å²) < 4.78 is 3.27. The molecule has 0 aliphatic rings. The van der Waals surface area contributed by atoms with Gasteiger partial charge < -0.3 is 10.6 Å². The zero-order chi connectivity index (χ0) is 20.1. The number of nitrogens with zero attached hydrogens (tertiary/aromatic N) is 2. The number of para-hydroxylation sites is 1. The average molecular weight is 378 g/mol. The van der Waals surface area contributed by atoms with Gasteiger partial charge in [-0.2, -0.15) is 0 Å². The van der Waals surface area contributed by atoms with Crippen molar-refractivity contribution in [2.75, 3.05) is 10.6 Å². The Kier molecular flexibility index (Phi) is 5.99. The van der Waals surface area contributed by atoms with Crippen LogP contribution < -0.4 is 16.2 Å². The van der Waals surface area contributed by atoms with Crippen molar-refractivity contribution in [3.05, 3.63) is 76.2 Å². The first-order chi connectivity index (χ1) is 13.5. The van der Waals surface area contributed by atoms with Crippen LogP contribution >= 0.6 is 0 Å². The van der Waals surface area contributed by atoms with E-state index in [2.05, 4.69) is 17.6 Å². The van der Waals surface area contributed by atoms with E-state index in [-0.39, 0.29) is 11.2 Å². The third-order valence-electron chi connectivity index (χ3n) is 4.82. The monoisotopic (exact) mass is 378 g/mol. The second-order valence-electron chi connectivity index (χ2n) is 6.82. The number of carbonyl (C=O) groups is 1. The highest BCUT2D eigenvalue weighted by atomic mass is 16.2. The number of aromatic nitrogens is 2. The van der Waals surface area contributed by atoms with E-state index >= 15 is 0 Å². The van der Waals surface area contributed by atoms with Crippen LogP contribution in [0, 0.1) is 6.92 Å². The highest BCUT2D eigenvalue weighted by Crippen LogP contribution is 2.15.